The number of amides is 1. The van der Waals surface area contributed by atoms with Crippen molar-refractivity contribution in [2.75, 3.05) is 11.9 Å². The van der Waals surface area contributed by atoms with Crippen LogP contribution >= 0.6 is 23.2 Å². The van der Waals surface area contributed by atoms with Crippen LogP contribution in [0.25, 0.3) is 0 Å². The van der Waals surface area contributed by atoms with Crippen molar-refractivity contribution < 1.29 is 14.3 Å². The average Bonchev–Trinajstić information content (AvgIpc) is 2.55. The van der Waals surface area contributed by atoms with E-state index in [9.17, 15) is 9.59 Å². The Morgan fingerprint density at radius 3 is 2.21 bits per heavy atom. The second kappa shape index (κ2) is 8.18. The van der Waals surface area contributed by atoms with Gasteiger partial charge in [0.15, 0.2) is 0 Å². The van der Waals surface area contributed by atoms with E-state index in [2.05, 4.69) is 5.32 Å². The molecule has 1 amide bonds. The molecule has 0 fully saturated rings. The van der Waals surface area contributed by atoms with E-state index in [0.29, 0.717) is 33.5 Å². The molecule has 0 aromatic heterocycles. The smallest absolute Gasteiger partial charge is 0.338 e. The minimum absolute atomic E-state index is 0.277. The first kappa shape index (κ1) is 18.3. The Balaban J connectivity index is 2.01. The predicted molar refractivity (Wildman–Crippen MR) is 96.0 cm³/mol. The van der Waals surface area contributed by atoms with Crippen LogP contribution in [0, 0.1) is 5.92 Å². The van der Waals surface area contributed by atoms with Crippen LogP contribution in [0.4, 0.5) is 5.69 Å². The van der Waals surface area contributed by atoms with Crippen LogP contribution in [-0.4, -0.2) is 18.5 Å². The summed E-state index contributed by atoms with van der Waals surface area (Å²) >= 11 is 11.7. The molecule has 1 N–H and O–H groups in total. The van der Waals surface area contributed by atoms with Gasteiger partial charge in [-0.2, -0.15) is 0 Å². The quantitative estimate of drug-likeness (QED) is 0.753. The first-order valence-corrected chi connectivity index (χ1v) is 8.16. The minimum Gasteiger partial charge on any atom is -0.462 e. The lowest BCUT2D eigenvalue weighted by molar-refractivity contribution is 0.0459. The first-order valence-electron chi connectivity index (χ1n) is 7.40. The lowest BCUT2D eigenvalue weighted by Crippen LogP contribution is -2.13. The van der Waals surface area contributed by atoms with Gasteiger partial charge in [0.1, 0.15) is 0 Å². The molecule has 0 aliphatic rings. The Morgan fingerprint density at radius 2 is 1.62 bits per heavy atom. The maximum Gasteiger partial charge on any atom is 0.338 e. The summed E-state index contributed by atoms with van der Waals surface area (Å²) in [5, 5.41) is 3.43. The highest BCUT2D eigenvalue weighted by Gasteiger charge is 2.11. The summed E-state index contributed by atoms with van der Waals surface area (Å²) in [4.78, 5) is 24.0. The third kappa shape index (κ3) is 4.98. The molecule has 0 aliphatic heterocycles. The summed E-state index contributed by atoms with van der Waals surface area (Å²) in [6.07, 6.45) is 0. The van der Waals surface area contributed by atoms with Gasteiger partial charge in [-0.05, 0) is 48.4 Å². The zero-order valence-electron chi connectivity index (χ0n) is 13.3. The number of hydrogen-bond donors (Lipinski definition) is 1. The zero-order chi connectivity index (χ0) is 17.7. The van der Waals surface area contributed by atoms with E-state index in [1.807, 2.05) is 13.8 Å². The Kier molecular flexibility index (Phi) is 6.23. The van der Waals surface area contributed by atoms with Crippen LogP contribution in [0.2, 0.25) is 10.0 Å². The van der Waals surface area contributed by atoms with E-state index < -0.39 is 0 Å². The standard InChI is InChI=1S/C18H17Cl2NO3/c1-11(2)10-24-18(23)12-3-6-14(7-4-12)21-17(22)13-5-8-15(19)16(20)9-13/h3-9,11H,10H2,1-2H3,(H,21,22). The number of esters is 1. The number of carbonyl (C=O) groups excluding carboxylic acids is 2. The molecule has 0 unspecified atom stereocenters. The molecule has 0 radical (unpaired) electrons. The van der Waals surface area contributed by atoms with Crippen LogP contribution in [0.5, 0.6) is 0 Å². The summed E-state index contributed by atoms with van der Waals surface area (Å²) in [5.41, 5.74) is 1.39. The summed E-state index contributed by atoms with van der Waals surface area (Å²) in [5.74, 6) is -0.423. The largest absolute Gasteiger partial charge is 0.462 e. The van der Waals surface area contributed by atoms with Crippen molar-refractivity contribution in [1.29, 1.82) is 0 Å². The van der Waals surface area contributed by atoms with Crippen LogP contribution in [0.15, 0.2) is 42.5 Å². The third-order valence-corrected chi connectivity index (χ3v) is 3.85. The fourth-order valence-electron chi connectivity index (χ4n) is 1.86. The molecular weight excluding hydrogens is 349 g/mol. The molecule has 0 bridgehead atoms. The molecule has 2 rings (SSSR count). The van der Waals surface area contributed by atoms with E-state index in [0.717, 1.165) is 0 Å². The summed E-state index contributed by atoms with van der Waals surface area (Å²) < 4.78 is 5.15. The van der Waals surface area contributed by atoms with Crippen molar-refractivity contribution >= 4 is 40.8 Å². The SMILES string of the molecule is CC(C)COC(=O)c1ccc(NC(=O)c2ccc(Cl)c(Cl)c2)cc1. The summed E-state index contributed by atoms with van der Waals surface area (Å²) in [6.45, 7) is 4.30. The van der Waals surface area contributed by atoms with Gasteiger partial charge in [0.25, 0.3) is 5.91 Å². The topological polar surface area (TPSA) is 55.4 Å². The van der Waals surface area contributed by atoms with E-state index in [4.69, 9.17) is 27.9 Å². The van der Waals surface area contributed by atoms with Gasteiger partial charge >= 0.3 is 5.97 Å². The number of hydrogen-bond acceptors (Lipinski definition) is 3. The number of anilines is 1. The summed E-state index contributed by atoms with van der Waals surface area (Å²) in [6, 6.07) is 11.1. The van der Waals surface area contributed by atoms with Crippen molar-refractivity contribution in [2.45, 2.75) is 13.8 Å². The van der Waals surface area contributed by atoms with Crippen LogP contribution in [0.3, 0.4) is 0 Å². The van der Waals surface area contributed by atoms with Crippen molar-refractivity contribution in [2.24, 2.45) is 5.92 Å². The van der Waals surface area contributed by atoms with E-state index in [-0.39, 0.29) is 17.8 Å². The van der Waals surface area contributed by atoms with Gasteiger partial charge in [-0.3, -0.25) is 4.79 Å². The second-order valence-corrected chi connectivity index (χ2v) is 6.47. The molecule has 2 aromatic rings. The van der Waals surface area contributed by atoms with Gasteiger partial charge in [-0.15, -0.1) is 0 Å². The summed E-state index contributed by atoms with van der Waals surface area (Å²) in [7, 11) is 0. The van der Waals surface area contributed by atoms with Crippen molar-refractivity contribution in [1.82, 2.24) is 0 Å². The molecule has 0 heterocycles. The average molecular weight is 366 g/mol. The van der Waals surface area contributed by atoms with Gasteiger partial charge in [-0.25, -0.2) is 4.79 Å². The lowest BCUT2D eigenvalue weighted by Gasteiger charge is -2.09. The van der Waals surface area contributed by atoms with Gasteiger partial charge in [0.2, 0.25) is 0 Å². The molecule has 0 aliphatic carbocycles. The van der Waals surface area contributed by atoms with Gasteiger partial charge in [0.05, 0.1) is 22.2 Å². The predicted octanol–water partition coefficient (Wildman–Crippen LogP) is 5.06. The van der Waals surface area contributed by atoms with Crippen molar-refractivity contribution in [3.63, 3.8) is 0 Å². The Hall–Kier alpha value is -2.04. The molecule has 6 heteroatoms. The van der Waals surface area contributed by atoms with Gasteiger partial charge in [0, 0.05) is 11.3 Å². The number of rotatable bonds is 5. The zero-order valence-corrected chi connectivity index (χ0v) is 14.8. The molecule has 0 atom stereocenters. The minimum atomic E-state index is -0.383. The third-order valence-electron chi connectivity index (χ3n) is 3.11. The number of benzene rings is 2. The maximum absolute atomic E-state index is 12.2. The molecule has 4 nitrogen and oxygen atoms in total. The van der Waals surface area contributed by atoms with Crippen molar-refractivity contribution in [3.05, 3.63) is 63.6 Å². The molecule has 24 heavy (non-hydrogen) atoms. The Morgan fingerprint density at radius 1 is 1.00 bits per heavy atom. The molecule has 126 valence electrons. The number of carbonyl (C=O) groups is 2. The molecule has 0 spiro atoms. The van der Waals surface area contributed by atoms with E-state index in [1.165, 1.54) is 6.07 Å². The second-order valence-electron chi connectivity index (χ2n) is 5.65. The fourth-order valence-corrected chi connectivity index (χ4v) is 2.15. The first-order chi connectivity index (χ1) is 11.4. The number of ether oxygens (including phenoxy) is 1. The highest BCUT2D eigenvalue weighted by atomic mass is 35.5. The van der Waals surface area contributed by atoms with Gasteiger partial charge < -0.3 is 10.1 Å². The Bertz CT molecular complexity index is 742. The highest BCUT2D eigenvalue weighted by molar-refractivity contribution is 6.42. The Labute approximate surface area is 150 Å². The van der Waals surface area contributed by atoms with Crippen molar-refractivity contribution in [3.8, 4) is 0 Å². The van der Waals surface area contributed by atoms with Crippen LogP contribution < -0.4 is 5.32 Å². The van der Waals surface area contributed by atoms with Gasteiger partial charge in [-0.1, -0.05) is 37.0 Å². The normalized spacial score (nSPS) is 10.5. The van der Waals surface area contributed by atoms with E-state index in [1.54, 1.807) is 36.4 Å². The lowest BCUT2D eigenvalue weighted by atomic mass is 10.2. The molecule has 2 aromatic carbocycles. The fraction of sp³-hybridized carbons (Fsp3) is 0.222. The highest BCUT2D eigenvalue weighted by Crippen LogP contribution is 2.23. The van der Waals surface area contributed by atoms with Crippen LogP contribution in [-0.2, 0) is 4.74 Å². The molecule has 0 saturated carbocycles. The monoisotopic (exact) mass is 365 g/mol. The maximum atomic E-state index is 12.2. The molecule has 0 saturated heterocycles. The van der Waals surface area contributed by atoms with E-state index >= 15 is 0 Å². The number of halogens is 2. The number of nitrogens with one attached hydrogen (secondary N) is 1. The molecular formula is C18H17Cl2NO3. The van der Waals surface area contributed by atoms with Crippen LogP contribution in [0.1, 0.15) is 34.6 Å².